The van der Waals surface area contributed by atoms with Crippen molar-refractivity contribution in [3.8, 4) is 0 Å². The first kappa shape index (κ1) is 31.3. The largest absolute Gasteiger partial charge is 0.416 e. The van der Waals surface area contributed by atoms with Gasteiger partial charge in [0, 0.05) is 50.0 Å². The van der Waals surface area contributed by atoms with Crippen LogP contribution in [0.3, 0.4) is 0 Å². The van der Waals surface area contributed by atoms with Gasteiger partial charge in [-0.25, -0.2) is 9.97 Å². The molecule has 0 spiro atoms. The third-order valence-electron chi connectivity index (χ3n) is 6.82. The summed E-state index contributed by atoms with van der Waals surface area (Å²) in [5.41, 5.74) is -1.25. The predicted octanol–water partition coefficient (Wildman–Crippen LogP) is 3.89. The maximum atomic E-state index is 14.9. The number of piperazine rings is 1. The molecule has 1 saturated heterocycles. The number of aromatic nitrogens is 3. The highest BCUT2D eigenvalue weighted by atomic mass is 32.1. The number of carbonyl (C=O) groups is 2. The monoisotopic (exact) mass is 609 g/mol. The van der Waals surface area contributed by atoms with Crippen molar-refractivity contribution >= 4 is 34.8 Å². The fourth-order valence-corrected chi connectivity index (χ4v) is 5.46. The van der Waals surface area contributed by atoms with Crippen molar-refractivity contribution in [1.29, 1.82) is 0 Å². The minimum Gasteiger partial charge on any atom is -0.395 e. The molecule has 3 aromatic rings. The molecule has 10 nitrogen and oxygen atoms in total. The zero-order valence-corrected chi connectivity index (χ0v) is 24.0. The highest BCUT2D eigenvalue weighted by molar-refractivity contribution is 7.10. The van der Waals surface area contributed by atoms with E-state index in [0.717, 1.165) is 23.6 Å². The SMILES string of the molecule is Cc1ccc(NC(=O)c2csc([C@@H](NC(=O)c3cnc(N4CCN(CCO)CC4)nc3F)C(C)C)n2)cc1C(F)(F)F. The predicted molar refractivity (Wildman–Crippen MR) is 149 cm³/mol. The average Bonchev–Trinajstić information content (AvgIpc) is 3.42. The van der Waals surface area contributed by atoms with E-state index in [4.69, 9.17) is 5.11 Å². The normalized spacial score (nSPS) is 15.1. The number of rotatable bonds is 9. The van der Waals surface area contributed by atoms with Gasteiger partial charge in [0.05, 0.1) is 18.2 Å². The van der Waals surface area contributed by atoms with E-state index >= 15 is 0 Å². The van der Waals surface area contributed by atoms with Gasteiger partial charge in [-0.15, -0.1) is 11.3 Å². The Bertz CT molecular complexity index is 1420. The van der Waals surface area contributed by atoms with E-state index in [1.807, 2.05) is 13.8 Å². The fourth-order valence-electron chi connectivity index (χ4n) is 4.44. The Morgan fingerprint density at radius 2 is 1.83 bits per heavy atom. The first-order chi connectivity index (χ1) is 19.9. The zero-order valence-electron chi connectivity index (χ0n) is 23.2. The van der Waals surface area contributed by atoms with E-state index in [1.165, 1.54) is 24.4 Å². The van der Waals surface area contributed by atoms with Crippen LogP contribution in [0.15, 0.2) is 29.8 Å². The first-order valence-electron chi connectivity index (χ1n) is 13.2. The van der Waals surface area contributed by atoms with Crippen molar-refractivity contribution in [2.24, 2.45) is 5.92 Å². The quantitative estimate of drug-likeness (QED) is 0.247. The number of hydrogen-bond donors (Lipinski definition) is 3. The lowest BCUT2D eigenvalue weighted by Crippen LogP contribution is -2.47. The Hall–Kier alpha value is -3.69. The second-order valence-corrected chi connectivity index (χ2v) is 11.1. The fraction of sp³-hybridized carbons (Fsp3) is 0.444. The number of anilines is 2. The number of nitrogens with zero attached hydrogens (tertiary/aromatic N) is 5. The number of carbonyl (C=O) groups excluding carboxylic acids is 2. The van der Waals surface area contributed by atoms with Gasteiger partial charge in [0.25, 0.3) is 11.8 Å². The summed E-state index contributed by atoms with van der Waals surface area (Å²) < 4.78 is 54.7. The zero-order chi connectivity index (χ0) is 30.6. The third kappa shape index (κ3) is 7.38. The van der Waals surface area contributed by atoms with E-state index in [1.54, 1.807) is 4.90 Å². The van der Waals surface area contributed by atoms with E-state index in [2.05, 4.69) is 30.5 Å². The summed E-state index contributed by atoms with van der Waals surface area (Å²) in [7, 11) is 0. The molecule has 0 saturated carbocycles. The van der Waals surface area contributed by atoms with Gasteiger partial charge in [-0.2, -0.15) is 22.5 Å². The molecule has 15 heteroatoms. The summed E-state index contributed by atoms with van der Waals surface area (Å²) >= 11 is 1.08. The smallest absolute Gasteiger partial charge is 0.395 e. The Balaban J connectivity index is 1.43. The molecule has 2 aromatic heterocycles. The van der Waals surface area contributed by atoms with Gasteiger partial charge in [0.1, 0.15) is 16.3 Å². The van der Waals surface area contributed by atoms with Crippen molar-refractivity contribution in [2.75, 3.05) is 49.5 Å². The maximum Gasteiger partial charge on any atom is 0.416 e. The number of β-amino-alcohol motifs (C(OH)–C–C–N with tert-alkyl or cyclic N) is 1. The van der Waals surface area contributed by atoms with Crippen LogP contribution in [0.4, 0.5) is 29.2 Å². The molecule has 1 aromatic carbocycles. The average molecular weight is 610 g/mol. The summed E-state index contributed by atoms with van der Waals surface area (Å²) in [5, 5.41) is 16.0. The molecule has 1 atom stereocenters. The number of benzene rings is 1. The molecule has 0 radical (unpaired) electrons. The van der Waals surface area contributed by atoms with Crippen LogP contribution in [0.5, 0.6) is 0 Å². The summed E-state index contributed by atoms with van der Waals surface area (Å²) in [5.74, 6) is -2.49. The molecule has 3 N–H and O–H groups in total. The molecule has 0 unspecified atom stereocenters. The third-order valence-corrected chi connectivity index (χ3v) is 7.75. The molecular weight excluding hydrogens is 578 g/mol. The molecule has 226 valence electrons. The number of nitrogens with one attached hydrogen (secondary N) is 2. The molecule has 4 rings (SSSR count). The Morgan fingerprint density at radius 3 is 2.45 bits per heavy atom. The highest BCUT2D eigenvalue weighted by Crippen LogP contribution is 2.33. The molecular formula is C27H31F4N7O3S. The van der Waals surface area contributed by atoms with Crippen LogP contribution in [0.25, 0.3) is 0 Å². The van der Waals surface area contributed by atoms with Crippen LogP contribution in [0.1, 0.15) is 56.9 Å². The van der Waals surface area contributed by atoms with Crippen LogP contribution in [0, 0.1) is 18.8 Å². The number of aliphatic hydroxyl groups excluding tert-OH is 1. The highest BCUT2D eigenvalue weighted by Gasteiger charge is 2.33. The first-order valence-corrected chi connectivity index (χ1v) is 14.1. The Kier molecular flexibility index (Phi) is 9.74. The number of aliphatic hydroxyl groups is 1. The number of alkyl halides is 3. The van der Waals surface area contributed by atoms with Gasteiger partial charge < -0.3 is 20.6 Å². The van der Waals surface area contributed by atoms with Crippen molar-refractivity contribution in [2.45, 2.75) is 33.0 Å². The summed E-state index contributed by atoms with van der Waals surface area (Å²) in [6.07, 6.45) is -3.44. The van der Waals surface area contributed by atoms with Crippen LogP contribution < -0.4 is 15.5 Å². The van der Waals surface area contributed by atoms with Gasteiger partial charge in [-0.3, -0.25) is 14.5 Å². The van der Waals surface area contributed by atoms with Gasteiger partial charge in [0.15, 0.2) is 0 Å². The number of thiazole rings is 1. The second kappa shape index (κ2) is 13.1. The molecule has 1 aliphatic rings. The van der Waals surface area contributed by atoms with Crippen LogP contribution in [-0.4, -0.2) is 76.1 Å². The number of halogens is 4. The van der Waals surface area contributed by atoms with E-state index in [0.29, 0.717) is 37.7 Å². The van der Waals surface area contributed by atoms with Crippen molar-refractivity contribution in [3.63, 3.8) is 0 Å². The minimum absolute atomic E-state index is 0.0283. The minimum atomic E-state index is -4.57. The van der Waals surface area contributed by atoms with Crippen LogP contribution in [-0.2, 0) is 6.18 Å². The molecule has 0 bridgehead atoms. The molecule has 0 aliphatic carbocycles. The Labute approximate surface area is 243 Å². The number of hydrogen-bond acceptors (Lipinski definition) is 9. The van der Waals surface area contributed by atoms with E-state index in [-0.39, 0.29) is 41.0 Å². The van der Waals surface area contributed by atoms with Gasteiger partial charge in [-0.1, -0.05) is 19.9 Å². The lowest BCUT2D eigenvalue weighted by atomic mass is 10.0. The van der Waals surface area contributed by atoms with Crippen molar-refractivity contribution in [1.82, 2.24) is 25.2 Å². The number of aryl methyl sites for hydroxylation is 1. The molecule has 1 fully saturated rings. The Morgan fingerprint density at radius 1 is 1.12 bits per heavy atom. The van der Waals surface area contributed by atoms with Crippen molar-refractivity contribution < 1.29 is 32.3 Å². The molecule has 42 heavy (non-hydrogen) atoms. The van der Waals surface area contributed by atoms with Crippen molar-refractivity contribution in [3.05, 3.63) is 63.1 Å². The van der Waals surface area contributed by atoms with Gasteiger partial charge in [0.2, 0.25) is 11.9 Å². The summed E-state index contributed by atoms with van der Waals surface area (Å²) in [6, 6.07) is 2.80. The lowest BCUT2D eigenvalue weighted by molar-refractivity contribution is -0.138. The second-order valence-electron chi connectivity index (χ2n) is 10.2. The van der Waals surface area contributed by atoms with Crippen LogP contribution >= 0.6 is 11.3 Å². The molecule has 2 amide bonds. The van der Waals surface area contributed by atoms with Crippen LogP contribution in [0.2, 0.25) is 0 Å². The van der Waals surface area contributed by atoms with E-state index in [9.17, 15) is 27.2 Å². The molecule has 1 aliphatic heterocycles. The summed E-state index contributed by atoms with van der Waals surface area (Å²) in [6.45, 7) is 7.99. The molecule has 3 heterocycles. The summed E-state index contributed by atoms with van der Waals surface area (Å²) in [4.78, 5) is 42.0. The topological polar surface area (TPSA) is 124 Å². The van der Waals surface area contributed by atoms with Gasteiger partial charge >= 0.3 is 6.18 Å². The van der Waals surface area contributed by atoms with E-state index < -0.39 is 35.5 Å². The lowest BCUT2D eigenvalue weighted by Gasteiger charge is -2.34. The van der Waals surface area contributed by atoms with Gasteiger partial charge in [-0.05, 0) is 30.5 Å². The number of amides is 2. The maximum absolute atomic E-state index is 14.9. The standard InChI is InChI=1S/C27H31F4N7O3S/c1-15(2)21(25-34-20(14-42-25)24(41)33-17-5-4-16(3)19(12-17)27(29,30)31)35-23(40)18-13-32-26(36-22(18)28)38-8-6-37(7-9-38)10-11-39/h4-5,12-15,21,39H,6-11H2,1-3H3,(H,33,41)(H,35,40)/t21-/m0/s1.